The first kappa shape index (κ1) is 20.2. The first-order chi connectivity index (χ1) is 13.9. The predicted octanol–water partition coefficient (Wildman–Crippen LogP) is 1.96. The third-order valence-electron chi connectivity index (χ3n) is 4.72. The number of carbonyl (C=O) groups excluding carboxylic acids is 2. The van der Waals surface area contributed by atoms with Gasteiger partial charge < -0.3 is 29.2 Å². The fourth-order valence-corrected chi connectivity index (χ4v) is 3.14. The molecule has 8 nitrogen and oxygen atoms in total. The Labute approximate surface area is 166 Å². The third-order valence-corrected chi connectivity index (χ3v) is 4.72. The van der Waals surface area contributed by atoms with Gasteiger partial charge in [-0.05, 0) is 35.4 Å². The van der Waals surface area contributed by atoms with Crippen molar-refractivity contribution in [3.05, 3.63) is 65.4 Å². The van der Waals surface area contributed by atoms with Crippen LogP contribution in [0.25, 0.3) is 5.57 Å². The van der Waals surface area contributed by atoms with E-state index in [2.05, 4.69) is 0 Å². The molecule has 8 heteroatoms. The van der Waals surface area contributed by atoms with E-state index < -0.39 is 29.4 Å². The van der Waals surface area contributed by atoms with Crippen LogP contribution in [0, 0.1) is 0 Å². The molecule has 2 atom stereocenters. The van der Waals surface area contributed by atoms with Crippen molar-refractivity contribution in [1.29, 1.82) is 0 Å². The van der Waals surface area contributed by atoms with Gasteiger partial charge in [0.15, 0.2) is 5.76 Å². The number of aliphatic hydroxyl groups excluding tert-OH is 1. The van der Waals surface area contributed by atoms with Crippen LogP contribution in [0.4, 0.5) is 0 Å². The summed E-state index contributed by atoms with van der Waals surface area (Å²) < 4.78 is 20.1. The van der Waals surface area contributed by atoms with Crippen LogP contribution in [-0.2, 0) is 24.7 Å². The molecule has 0 saturated carbocycles. The Morgan fingerprint density at radius 1 is 0.966 bits per heavy atom. The van der Waals surface area contributed by atoms with Crippen molar-refractivity contribution in [2.45, 2.75) is 11.7 Å². The molecule has 29 heavy (non-hydrogen) atoms. The van der Waals surface area contributed by atoms with Crippen LogP contribution in [0.15, 0.2) is 54.3 Å². The van der Waals surface area contributed by atoms with Gasteiger partial charge in [-0.2, -0.15) is 0 Å². The van der Waals surface area contributed by atoms with Crippen LogP contribution in [0.5, 0.6) is 11.5 Å². The van der Waals surface area contributed by atoms with E-state index in [0.29, 0.717) is 17.1 Å². The Morgan fingerprint density at radius 3 is 1.97 bits per heavy atom. The van der Waals surface area contributed by atoms with Crippen LogP contribution in [-0.4, -0.2) is 49.6 Å². The summed E-state index contributed by atoms with van der Waals surface area (Å²) in [6.45, 7) is 0. The van der Waals surface area contributed by atoms with Crippen molar-refractivity contribution in [3.8, 4) is 11.5 Å². The highest BCUT2D eigenvalue weighted by Gasteiger charge is 2.55. The molecular weight excluding hydrogens is 380 g/mol. The summed E-state index contributed by atoms with van der Waals surface area (Å²) in [5, 5.41) is 22.0. The van der Waals surface area contributed by atoms with Crippen molar-refractivity contribution < 1.29 is 38.7 Å². The van der Waals surface area contributed by atoms with Gasteiger partial charge in [-0.3, -0.25) is 0 Å². The molecule has 0 saturated heterocycles. The zero-order chi connectivity index (χ0) is 21.2. The van der Waals surface area contributed by atoms with Crippen molar-refractivity contribution in [3.63, 3.8) is 0 Å². The van der Waals surface area contributed by atoms with Gasteiger partial charge in [-0.15, -0.1) is 0 Å². The summed E-state index contributed by atoms with van der Waals surface area (Å²) in [5.74, 6) is -1.51. The lowest BCUT2D eigenvalue weighted by molar-refractivity contribution is -0.182. The number of cyclic esters (lactones) is 1. The van der Waals surface area contributed by atoms with E-state index in [-0.39, 0.29) is 11.1 Å². The summed E-state index contributed by atoms with van der Waals surface area (Å²) in [6.07, 6.45) is -1.69. The minimum atomic E-state index is -2.46. The average molecular weight is 400 g/mol. The fourth-order valence-electron chi connectivity index (χ4n) is 3.14. The first-order valence-electron chi connectivity index (χ1n) is 8.60. The van der Waals surface area contributed by atoms with E-state index >= 15 is 0 Å². The minimum Gasteiger partial charge on any atom is -0.507 e. The van der Waals surface area contributed by atoms with Gasteiger partial charge >= 0.3 is 11.9 Å². The minimum absolute atomic E-state index is 0.0606. The molecule has 1 aliphatic heterocycles. The first-order valence-corrected chi connectivity index (χ1v) is 8.60. The van der Waals surface area contributed by atoms with Gasteiger partial charge in [-0.25, -0.2) is 9.59 Å². The number of ether oxygens (including phenoxy) is 4. The molecule has 3 rings (SSSR count). The number of aliphatic hydroxyl groups is 2. The summed E-state index contributed by atoms with van der Waals surface area (Å²) >= 11 is 0. The van der Waals surface area contributed by atoms with E-state index in [0.717, 1.165) is 7.11 Å². The average Bonchev–Trinajstić information content (AvgIpc) is 3.07. The lowest BCUT2D eigenvalue weighted by Crippen LogP contribution is -2.48. The monoisotopic (exact) mass is 400 g/mol. The van der Waals surface area contributed by atoms with Gasteiger partial charge in [0.1, 0.15) is 17.1 Å². The lowest BCUT2D eigenvalue weighted by Gasteiger charge is -2.30. The molecule has 2 aromatic carbocycles. The maximum Gasteiger partial charge on any atom is 0.347 e. The molecule has 152 valence electrons. The van der Waals surface area contributed by atoms with Gasteiger partial charge in [0, 0.05) is 0 Å². The Balaban J connectivity index is 2.09. The second kappa shape index (κ2) is 7.84. The van der Waals surface area contributed by atoms with Gasteiger partial charge in [-0.1, -0.05) is 24.3 Å². The molecule has 1 aliphatic rings. The predicted molar refractivity (Wildman–Crippen MR) is 101 cm³/mol. The number of benzene rings is 2. The zero-order valence-electron chi connectivity index (χ0n) is 16.0. The van der Waals surface area contributed by atoms with Crippen LogP contribution in [0.2, 0.25) is 0 Å². The quantitative estimate of drug-likeness (QED) is 0.708. The van der Waals surface area contributed by atoms with Crippen molar-refractivity contribution in [2.24, 2.45) is 0 Å². The third kappa shape index (κ3) is 3.38. The number of carbonyl (C=O) groups is 2. The highest BCUT2D eigenvalue weighted by Crippen LogP contribution is 2.40. The lowest BCUT2D eigenvalue weighted by atomic mass is 9.86. The van der Waals surface area contributed by atoms with Crippen LogP contribution in [0.3, 0.4) is 0 Å². The molecule has 0 radical (unpaired) electrons. The Kier molecular flexibility index (Phi) is 5.47. The summed E-state index contributed by atoms with van der Waals surface area (Å²) in [4.78, 5) is 25.0. The molecule has 0 amide bonds. The number of rotatable bonds is 6. The molecule has 2 N–H and O–H groups in total. The number of esters is 2. The highest BCUT2D eigenvalue weighted by atomic mass is 16.6. The van der Waals surface area contributed by atoms with Gasteiger partial charge in [0.05, 0.1) is 21.3 Å². The summed E-state index contributed by atoms with van der Waals surface area (Å²) in [7, 11) is 4.05. The maximum absolute atomic E-state index is 12.5. The Hall–Kier alpha value is -3.52. The van der Waals surface area contributed by atoms with E-state index in [1.807, 2.05) is 0 Å². The Bertz CT molecular complexity index is 946. The number of hydrogen-bond donors (Lipinski definition) is 2. The zero-order valence-corrected chi connectivity index (χ0v) is 16.0. The van der Waals surface area contributed by atoms with Gasteiger partial charge in [0.25, 0.3) is 0 Å². The van der Waals surface area contributed by atoms with Crippen molar-refractivity contribution in [2.75, 3.05) is 21.3 Å². The van der Waals surface area contributed by atoms with Crippen LogP contribution < -0.4 is 9.47 Å². The molecule has 2 aromatic rings. The smallest absolute Gasteiger partial charge is 0.347 e. The largest absolute Gasteiger partial charge is 0.507 e. The molecule has 0 bridgehead atoms. The van der Waals surface area contributed by atoms with E-state index in [1.54, 1.807) is 24.3 Å². The van der Waals surface area contributed by atoms with Gasteiger partial charge in [0.2, 0.25) is 11.7 Å². The standard InChI is InChI=1S/C21H20O8/c1-26-14-8-4-12(5-9-14)16-17(22)18(29-19(16)23)21(25,20(24)28-3)13-6-10-15(27-2)11-7-13/h4-11,18,22,25H,1-3H3. The molecule has 1 heterocycles. The van der Waals surface area contributed by atoms with E-state index in [4.69, 9.17) is 18.9 Å². The summed E-state index contributed by atoms with van der Waals surface area (Å²) in [6, 6.07) is 12.2. The number of methoxy groups -OCH3 is 3. The topological polar surface area (TPSA) is 112 Å². The molecule has 0 aliphatic carbocycles. The molecule has 0 aromatic heterocycles. The van der Waals surface area contributed by atoms with E-state index in [9.17, 15) is 19.8 Å². The van der Waals surface area contributed by atoms with Crippen molar-refractivity contribution >= 4 is 17.5 Å². The van der Waals surface area contributed by atoms with Crippen LogP contribution in [0.1, 0.15) is 11.1 Å². The second-order valence-electron chi connectivity index (χ2n) is 6.26. The number of hydrogen-bond acceptors (Lipinski definition) is 8. The molecule has 2 unspecified atom stereocenters. The molecule has 0 spiro atoms. The fraction of sp³-hybridized carbons (Fsp3) is 0.238. The maximum atomic E-state index is 12.5. The molecule has 0 fully saturated rings. The Morgan fingerprint density at radius 2 is 1.48 bits per heavy atom. The highest BCUT2D eigenvalue weighted by molar-refractivity contribution is 6.19. The van der Waals surface area contributed by atoms with Crippen molar-refractivity contribution in [1.82, 2.24) is 0 Å². The van der Waals surface area contributed by atoms with E-state index in [1.165, 1.54) is 38.5 Å². The normalized spacial score (nSPS) is 18.1. The van der Waals surface area contributed by atoms with Crippen LogP contribution >= 0.6 is 0 Å². The summed E-state index contributed by atoms with van der Waals surface area (Å²) in [5.41, 5.74) is -2.22. The second-order valence-corrected chi connectivity index (χ2v) is 6.26. The molecular formula is C21H20O8. The SMILES string of the molecule is COC(=O)C(O)(c1ccc(OC)cc1)C1OC(=O)C(c2ccc(OC)cc2)=C1O.